The van der Waals surface area contributed by atoms with Gasteiger partial charge < -0.3 is 14.8 Å². The molecule has 0 aliphatic rings. The minimum atomic E-state index is 0.537. The van der Waals surface area contributed by atoms with Crippen molar-refractivity contribution in [1.82, 2.24) is 9.97 Å². The summed E-state index contributed by atoms with van der Waals surface area (Å²) in [6.45, 7) is 3.92. The second kappa shape index (κ2) is 8.08. The van der Waals surface area contributed by atoms with Gasteiger partial charge in [-0.25, -0.2) is 4.98 Å². The van der Waals surface area contributed by atoms with E-state index < -0.39 is 0 Å². The van der Waals surface area contributed by atoms with E-state index in [-0.39, 0.29) is 0 Å². The summed E-state index contributed by atoms with van der Waals surface area (Å²) in [5.41, 5.74) is 0. The number of halogens is 1. The van der Waals surface area contributed by atoms with Crippen LogP contribution < -0.4 is 10.1 Å². The molecule has 0 saturated carbocycles. The Hall–Kier alpha value is -1.07. The number of methoxy groups -OCH3 is 1. The van der Waals surface area contributed by atoms with Gasteiger partial charge in [-0.05, 0) is 13.3 Å². The molecule has 0 spiro atoms. The van der Waals surface area contributed by atoms with E-state index in [1.165, 1.54) is 0 Å². The first kappa shape index (κ1) is 14.0. The van der Waals surface area contributed by atoms with Crippen LogP contribution in [0.4, 0.5) is 5.82 Å². The minimum Gasteiger partial charge on any atom is -0.481 e. The summed E-state index contributed by atoms with van der Waals surface area (Å²) in [7, 11) is 1.59. The Balaban J connectivity index is 2.28. The number of aromatic nitrogens is 2. The second-order valence-electron chi connectivity index (χ2n) is 3.42. The maximum atomic E-state index is 5.49. The molecule has 1 aromatic heterocycles. The molecule has 0 amide bonds. The number of ether oxygens (including phenoxy) is 2. The van der Waals surface area contributed by atoms with Crippen LogP contribution in [0, 0.1) is 6.92 Å². The summed E-state index contributed by atoms with van der Waals surface area (Å²) in [6, 6.07) is 1.77. The Morgan fingerprint density at radius 1 is 1.35 bits per heavy atom. The predicted octanol–water partition coefficient (Wildman–Crippen LogP) is 1.85. The van der Waals surface area contributed by atoms with Crippen LogP contribution in [0.25, 0.3) is 0 Å². The zero-order valence-electron chi connectivity index (χ0n) is 10.2. The maximum absolute atomic E-state index is 5.49. The van der Waals surface area contributed by atoms with E-state index in [9.17, 15) is 0 Å². The number of anilines is 1. The van der Waals surface area contributed by atoms with E-state index in [1.54, 1.807) is 13.2 Å². The SMILES string of the molecule is COc1cc(NCCCOCCCl)nc(C)n1. The van der Waals surface area contributed by atoms with Crippen LogP contribution >= 0.6 is 11.6 Å². The van der Waals surface area contributed by atoms with Gasteiger partial charge in [0.15, 0.2) is 0 Å². The normalized spacial score (nSPS) is 10.3. The lowest BCUT2D eigenvalue weighted by Crippen LogP contribution is -2.08. The molecule has 1 rings (SSSR count). The lowest BCUT2D eigenvalue weighted by Gasteiger charge is -2.07. The quantitative estimate of drug-likeness (QED) is 0.570. The Kier molecular flexibility index (Phi) is 6.65. The summed E-state index contributed by atoms with van der Waals surface area (Å²) in [5, 5.41) is 3.19. The molecule has 6 heteroatoms. The molecular formula is C11H18ClN3O2. The van der Waals surface area contributed by atoms with Gasteiger partial charge in [-0.1, -0.05) is 0 Å². The van der Waals surface area contributed by atoms with Gasteiger partial charge in [0, 0.05) is 25.1 Å². The van der Waals surface area contributed by atoms with Crippen LogP contribution in [0.1, 0.15) is 12.2 Å². The molecule has 0 unspecified atom stereocenters. The number of rotatable bonds is 8. The number of hydrogen-bond donors (Lipinski definition) is 1. The van der Waals surface area contributed by atoms with Crippen molar-refractivity contribution in [3.63, 3.8) is 0 Å². The summed E-state index contributed by atoms with van der Waals surface area (Å²) in [5.74, 6) is 2.56. The maximum Gasteiger partial charge on any atom is 0.218 e. The third-order valence-corrected chi connectivity index (χ3v) is 2.17. The van der Waals surface area contributed by atoms with E-state index in [1.807, 2.05) is 6.92 Å². The summed E-state index contributed by atoms with van der Waals surface area (Å²) < 4.78 is 10.3. The zero-order valence-corrected chi connectivity index (χ0v) is 11.0. The Bertz CT molecular complexity index is 336. The molecular weight excluding hydrogens is 242 g/mol. The van der Waals surface area contributed by atoms with Crippen molar-refractivity contribution in [3.8, 4) is 5.88 Å². The molecule has 96 valence electrons. The topological polar surface area (TPSA) is 56.3 Å². The fraction of sp³-hybridized carbons (Fsp3) is 0.636. The number of alkyl halides is 1. The van der Waals surface area contributed by atoms with Gasteiger partial charge in [-0.2, -0.15) is 4.98 Å². The lowest BCUT2D eigenvalue weighted by molar-refractivity contribution is 0.149. The molecule has 0 radical (unpaired) electrons. The zero-order chi connectivity index (χ0) is 12.5. The molecule has 0 aliphatic carbocycles. The molecule has 1 heterocycles. The Morgan fingerprint density at radius 3 is 2.88 bits per heavy atom. The monoisotopic (exact) mass is 259 g/mol. The van der Waals surface area contributed by atoms with Crippen molar-refractivity contribution in [1.29, 1.82) is 0 Å². The molecule has 0 saturated heterocycles. The number of hydrogen-bond acceptors (Lipinski definition) is 5. The molecule has 1 aromatic rings. The van der Waals surface area contributed by atoms with Crippen molar-refractivity contribution in [2.24, 2.45) is 0 Å². The van der Waals surface area contributed by atoms with Gasteiger partial charge in [0.1, 0.15) is 11.6 Å². The molecule has 0 atom stereocenters. The van der Waals surface area contributed by atoms with Crippen molar-refractivity contribution >= 4 is 17.4 Å². The highest BCUT2D eigenvalue weighted by Crippen LogP contribution is 2.12. The number of nitrogens with zero attached hydrogens (tertiary/aromatic N) is 2. The van der Waals surface area contributed by atoms with Crippen molar-refractivity contribution in [2.45, 2.75) is 13.3 Å². The first-order valence-corrected chi connectivity index (χ1v) is 6.07. The molecule has 0 aliphatic heterocycles. The minimum absolute atomic E-state index is 0.537. The van der Waals surface area contributed by atoms with E-state index in [4.69, 9.17) is 21.1 Å². The second-order valence-corrected chi connectivity index (χ2v) is 3.80. The van der Waals surface area contributed by atoms with Crippen molar-refractivity contribution in [2.75, 3.05) is 38.1 Å². The van der Waals surface area contributed by atoms with Gasteiger partial charge in [0.25, 0.3) is 0 Å². The summed E-state index contributed by atoms with van der Waals surface area (Å²) >= 11 is 5.49. The molecule has 1 N–H and O–H groups in total. The average molecular weight is 260 g/mol. The lowest BCUT2D eigenvalue weighted by atomic mass is 10.4. The standard InChI is InChI=1S/C11H18ClN3O2/c1-9-14-10(8-11(15-9)16-2)13-5-3-6-17-7-4-12/h8H,3-7H2,1-2H3,(H,13,14,15). The van der Waals surface area contributed by atoms with Crippen LogP contribution in [0.5, 0.6) is 5.88 Å². The van der Waals surface area contributed by atoms with E-state index >= 15 is 0 Å². The third-order valence-electron chi connectivity index (χ3n) is 2.02. The molecule has 0 aromatic carbocycles. The summed E-state index contributed by atoms with van der Waals surface area (Å²) in [6.07, 6.45) is 0.905. The van der Waals surface area contributed by atoms with Crippen LogP contribution in [-0.2, 0) is 4.74 Å². The first-order valence-electron chi connectivity index (χ1n) is 5.53. The largest absolute Gasteiger partial charge is 0.481 e. The number of nitrogens with one attached hydrogen (secondary N) is 1. The van der Waals surface area contributed by atoms with Crippen LogP contribution in [0.2, 0.25) is 0 Å². The van der Waals surface area contributed by atoms with E-state index in [2.05, 4.69) is 15.3 Å². The van der Waals surface area contributed by atoms with Crippen molar-refractivity contribution in [3.05, 3.63) is 11.9 Å². The van der Waals surface area contributed by atoms with Crippen LogP contribution in [-0.4, -0.2) is 42.7 Å². The highest BCUT2D eigenvalue weighted by Gasteiger charge is 2.00. The molecule has 0 fully saturated rings. The van der Waals surface area contributed by atoms with E-state index in [0.717, 1.165) is 18.8 Å². The average Bonchev–Trinajstić information content (AvgIpc) is 2.33. The molecule has 0 bridgehead atoms. The fourth-order valence-electron chi connectivity index (χ4n) is 1.28. The number of aryl methyl sites for hydroxylation is 1. The third kappa shape index (κ3) is 5.70. The highest BCUT2D eigenvalue weighted by molar-refractivity contribution is 6.17. The smallest absolute Gasteiger partial charge is 0.218 e. The van der Waals surface area contributed by atoms with Gasteiger partial charge in [0.2, 0.25) is 5.88 Å². The Labute approximate surface area is 107 Å². The van der Waals surface area contributed by atoms with Crippen LogP contribution in [0.15, 0.2) is 6.07 Å². The summed E-state index contributed by atoms with van der Waals surface area (Å²) in [4.78, 5) is 8.36. The van der Waals surface area contributed by atoms with E-state index in [0.29, 0.717) is 30.8 Å². The van der Waals surface area contributed by atoms with Gasteiger partial charge in [0.05, 0.1) is 13.7 Å². The Morgan fingerprint density at radius 2 is 2.18 bits per heavy atom. The predicted molar refractivity (Wildman–Crippen MR) is 68.0 cm³/mol. The van der Waals surface area contributed by atoms with Gasteiger partial charge >= 0.3 is 0 Å². The fourth-order valence-corrected chi connectivity index (χ4v) is 1.39. The first-order chi connectivity index (χ1) is 8.26. The van der Waals surface area contributed by atoms with Gasteiger partial charge in [-0.3, -0.25) is 0 Å². The van der Waals surface area contributed by atoms with Crippen molar-refractivity contribution < 1.29 is 9.47 Å². The molecule has 17 heavy (non-hydrogen) atoms. The van der Waals surface area contributed by atoms with Crippen LogP contribution in [0.3, 0.4) is 0 Å². The van der Waals surface area contributed by atoms with Gasteiger partial charge in [-0.15, -0.1) is 11.6 Å². The highest BCUT2D eigenvalue weighted by atomic mass is 35.5. The molecule has 5 nitrogen and oxygen atoms in total.